The molecule has 21 heavy (non-hydrogen) atoms. The van der Waals surface area contributed by atoms with Crippen molar-refractivity contribution in [2.24, 2.45) is 5.92 Å². The third-order valence-corrected chi connectivity index (χ3v) is 3.62. The van der Waals surface area contributed by atoms with Gasteiger partial charge in [0, 0.05) is 11.9 Å². The van der Waals surface area contributed by atoms with Crippen LogP contribution in [0.2, 0.25) is 0 Å². The third-order valence-electron chi connectivity index (χ3n) is 3.62. The second-order valence-corrected chi connectivity index (χ2v) is 5.36. The summed E-state index contributed by atoms with van der Waals surface area (Å²) >= 11 is 0. The van der Waals surface area contributed by atoms with Gasteiger partial charge in [0.1, 0.15) is 5.75 Å². The molecule has 1 amide bonds. The van der Waals surface area contributed by atoms with Crippen LogP contribution in [0.1, 0.15) is 40.8 Å². The number of rotatable bonds is 4. The highest BCUT2D eigenvalue weighted by Crippen LogP contribution is 2.40. The smallest absolute Gasteiger partial charge is 0.255 e. The zero-order chi connectivity index (χ0) is 14.8. The van der Waals surface area contributed by atoms with E-state index in [1.807, 2.05) is 13.0 Å². The standard InChI is InChI=1S/C16H17N3O2/c1-10-8-9-17-15(18-10)14(11-6-7-11)19-16(21)12-4-2-3-5-13(12)20/h2-5,8-9,11,14,20H,6-7H2,1H3,(H,19,21)/t14-/m0/s1. The van der Waals surface area contributed by atoms with Crippen molar-refractivity contribution in [3.63, 3.8) is 0 Å². The molecule has 0 bridgehead atoms. The molecule has 1 aliphatic carbocycles. The van der Waals surface area contributed by atoms with Crippen molar-refractivity contribution in [3.8, 4) is 5.75 Å². The van der Waals surface area contributed by atoms with Crippen molar-refractivity contribution in [3.05, 3.63) is 53.6 Å². The maximum Gasteiger partial charge on any atom is 0.255 e. The molecule has 0 unspecified atom stereocenters. The van der Waals surface area contributed by atoms with Gasteiger partial charge in [-0.2, -0.15) is 0 Å². The molecule has 2 N–H and O–H groups in total. The minimum absolute atomic E-state index is 0.0188. The van der Waals surface area contributed by atoms with Crippen LogP contribution in [0.5, 0.6) is 5.75 Å². The molecule has 1 fully saturated rings. The van der Waals surface area contributed by atoms with Crippen LogP contribution in [0.3, 0.4) is 0 Å². The van der Waals surface area contributed by atoms with E-state index >= 15 is 0 Å². The van der Waals surface area contributed by atoms with Crippen molar-refractivity contribution < 1.29 is 9.90 Å². The Morgan fingerprint density at radius 1 is 1.33 bits per heavy atom. The number of hydrogen-bond donors (Lipinski definition) is 2. The first kappa shape index (κ1) is 13.5. The van der Waals surface area contributed by atoms with E-state index in [9.17, 15) is 9.90 Å². The third kappa shape index (κ3) is 3.02. The van der Waals surface area contributed by atoms with Crippen LogP contribution in [-0.4, -0.2) is 21.0 Å². The van der Waals surface area contributed by atoms with Gasteiger partial charge in [0.05, 0.1) is 11.6 Å². The summed E-state index contributed by atoms with van der Waals surface area (Å²) < 4.78 is 0. The number of benzene rings is 1. The van der Waals surface area contributed by atoms with Gasteiger partial charge in [-0.15, -0.1) is 0 Å². The molecule has 0 saturated heterocycles. The Morgan fingerprint density at radius 2 is 2.10 bits per heavy atom. The number of carbonyl (C=O) groups is 1. The van der Waals surface area contributed by atoms with Crippen LogP contribution in [0.15, 0.2) is 36.5 Å². The number of para-hydroxylation sites is 1. The Labute approximate surface area is 123 Å². The number of carbonyl (C=O) groups excluding carboxylic acids is 1. The Hall–Kier alpha value is -2.43. The van der Waals surface area contributed by atoms with E-state index in [0.717, 1.165) is 18.5 Å². The van der Waals surface area contributed by atoms with E-state index in [2.05, 4.69) is 15.3 Å². The molecule has 1 heterocycles. The second-order valence-electron chi connectivity index (χ2n) is 5.36. The summed E-state index contributed by atoms with van der Waals surface area (Å²) in [6.45, 7) is 1.90. The fourth-order valence-corrected chi connectivity index (χ4v) is 2.33. The topological polar surface area (TPSA) is 75.1 Å². The molecule has 3 rings (SSSR count). The van der Waals surface area contributed by atoms with Crippen molar-refractivity contribution in [1.29, 1.82) is 0 Å². The van der Waals surface area contributed by atoms with E-state index in [4.69, 9.17) is 0 Å². The first-order chi connectivity index (χ1) is 10.1. The quantitative estimate of drug-likeness (QED) is 0.903. The first-order valence-corrected chi connectivity index (χ1v) is 7.03. The molecule has 1 aliphatic rings. The lowest BCUT2D eigenvalue weighted by atomic mass is 10.1. The average molecular weight is 283 g/mol. The molecule has 108 valence electrons. The van der Waals surface area contributed by atoms with Crippen LogP contribution < -0.4 is 5.32 Å². The molecule has 0 radical (unpaired) electrons. The largest absolute Gasteiger partial charge is 0.507 e. The number of aromatic nitrogens is 2. The summed E-state index contributed by atoms with van der Waals surface area (Å²) in [6.07, 6.45) is 3.82. The van der Waals surface area contributed by atoms with Crippen LogP contribution in [-0.2, 0) is 0 Å². The summed E-state index contributed by atoms with van der Waals surface area (Å²) in [5, 5.41) is 12.7. The van der Waals surface area contributed by atoms with E-state index in [0.29, 0.717) is 11.7 Å². The minimum atomic E-state index is -0.296. The number of amides is 1. The summed E-state index contributed by atoms with van der Waals surface area (Å²) in [5.41, 5.74) is 1.15. The van der Waals surface area contributed by atoms with Gasteiger partial charge in [0.25, 0.3) is 5.91 Å². The Bertz CT molecular complexity index is 668. The van der Waals surface area contributed by atoms with Crippen molar-refractivity contribution in [2.75, 3.05) is 0 Å². The highest BCUT2D eigenvalue weighted by atomic mass is 16.3. The molecule has 5 nitrogen and oxygen atoms in total. The molecule has 0 spiro atoms. The number of aryl methyl sites for hydroxylation is 1. The number of hydrogen-bond acceptors (Lipinski definition) is 4. The molecule has 5 heteroatoms. The predicted molar refractivity (Wildman–Crippen MR) is 77.8 cm³/mol. The van der Waals surface area contributed by atoms with Gasteiger partial charge >= 0.3 is 0 Å². The first-order valence-electron chi connectivity index (χ1n) is 7.03. The number of phenolic OH excluding ortho intramolecular Hbond substituents is 1. The normalized spacial score (nSPS) is 15.5. The van der Waals surface area contributed by atoms with Crippen LogP contribution in [0.25, 0.3) is 0 Å². The fourth-order valence-electron chi connectivity index (χ4n) is 2.33. The molecule has 2 aromatic rings. The lowest BCUT2D eigenvalue weighted by Gasteiger charge is -2.17. The number of phenols is 1. The maximum absolute atomic E-state index is 12.3. The molecular formula is C16H17N3O2. The number of nitrogens with one attached hydrogen (secondary N) is 1. The Kier molecular flexibility index (Phi) is 3.56. The molecule has 1 atom stereocenters. The number of nitrogens with zero attached hydrogens (tertiary/aromatic N) is 2. The Morgan fingerprint density at radius 3 is 2.76 bits per heavy atom. The molecule has 1 aromatic carbocycles. The van der Waals surface area contributed by atoms with Gasteiger partial charge in [-0.25, -0.2) is 9.97 Å². The number of aromatic hydroxyl groups is 1. The van der Waals surface area contributed by atoms with Gasteiger partial charge in [-0.05, 0) is 43.9 Å². The van der Waals surface area contributed by atoms with Crippen LogP contribution >= 0.6 is 0 Å². The van der Waals surface area contributed by atoms with E-state index < -0.39 is 0 Å². The van der Waals surface area contributed by atoms with Gasteiger partial charge in [-0.1, -0.05) is 12.1 Å². The van der Waals surface area contributed by atoms with E-state index in [1.165, 1.54) is 6.07 Å². The van der Waals surface area contributed by atoms with Crippen molar-refractivity contribution in [1.82, 2.24) is 15.3 Å². The highest BCUT2D eigenvalue weighted by Gasteiger charge is 2.35. The van der Waals surface area contributed by atoms with Crippen LogP contribution in [0, 0.1) is 12.8 Å². The van der Waals surface area contributed by atoms with Crippen LogP contribution in [0.4, 0.5) is 0 Å². The summed E-state index contributed by atoms with van der Waals surface area (Å²) in [6, 6.07) is 8.16. The molecule has 1 saturated carbocycles. The SMILES string of the molecule is Cc1ccnc([C@@H](NC(=O)c2ccccc2O)C2CC2)n1. The highest BCUT2D eigenvalue weighted by molar-refractivity contribution is 5.97. The van der Waals surface area contributed by atoms with Crippen molar-refractivity contribution >= 4 is 5.91 Å². The molecule has 0 aliphatic heterocycles. The zero-order valence-corrected chi connectivity index (χ0v) is 11.8. The summed E-state index contributed by atoms with van der Waals surface area (Å²) in [4.78, 5) is 21.0. The predicted octanol–water partition coefficient (Wildman–Crippen LogP) is 2.37. The summed E-state index contributed by atoms with van der Waals surface area (Å²) in [5.74, 6) is 0.702. The Balaban J connectivity index is 1.83. The van der Waals surface area contributed by atoms with E-state index in [1.54, 1.807) is 24.4 Å². The fraction of sp³-hybridized carbons (Fsp3) is 0.312. The lowest BCUT2D eigenvalue weighted by molar-refractivity contribution is 0.0927. The maximum atomic E-state index is 12.3. The monoisotopic (exact) mass is 283 g/mol. The van der Waals surface area contributed by atoms with Gasteiger partial charge in [-0.3, -0.25) is 4.79 Å². The summed E-state index contributed by atoms with van der Waals surface area (Å²) in [7, 11) is 0. The lowest BCUT2D eigenvalue weighted by Crippen LogP contribution is -2.31. The van der Waals surface area contributed by atoms with E-state index in [-0.39, 0.29) is 23.3 Å². The van der Waals surface area contributed by atoms with Gasteiger partial charge in [0.2, 0.25) is 0 Å². The zero-order valence-electron chi connectivity index (χ0n) is 11.8. The molecule has 1 aromatic heterocycles. The average Bonchev–Trinajstić information content (AvgIpc) is 3.29. The van der Waals surface area contributed by atoms with Crippen molar-refractivity contribution in [2.45, 2.75) is 25.8 Å². The van der Waals surface area contributed by atoms with Gasteiger partial charge < -0.3 is 10.4 Å². The minimum Gasteiger partial charge on any atom is -0.507 e. The van der Waals surface area contributed by atoms with Gasteiger partial charge in [0.15, 0.2) is 5.82 Å². The molecular weight excluding hydrogens is 266 g/mol. The second kappa shape index (κ2) is 5.52.